The molecule has 0 amide bonds. The molecule has 94 valence electrons. The van der Waals surface area contributed by atoms with Crippen molar-refractivity contribution in [2.24, 2.45) is 5.16 Å². The summed E-state index contributed by atoms with van der Waals surface area (Å²) in [6, 6.07) is 7.66. The minimum Gasteiger partial charge on any atom is -0.497 e. The van der Waals surface area contributed by atoms with Gasteiger partial charge in [0.2, 0.25) is 5.47 Å². The van der Waals surface area contributed by atoms with Crippen molar-refractivity contribution in [3.05, 3.63) is 24.3 Å². The van der Waals surface area contributed by atoms with Crippen LogP contribution < -0.4 is 10.0 Å². The van der Waals surface area contributed by atoms with Crippen LogP contribution in [0.5, 0.6) is 5.75 Å². The highest BCUT2D eigenvalue weighted by molar-refractivity contribution is 8.71. The summed E-state index contributed by atoms with van der Waals surface area (Å²) < 4.78 is 10.7. The molecule has 0 spiro atoms. The van der Waals surface area contributed by atoms with Crippen molar-refractivity contribution in [2.45, 2.75) is 13.8 Å². The van der Waals surface area contributed by atoms with Crippen molar-refractivity contribution in [3.8, 4) is 5.75 Å². The predicted molar refractivity (Wildman–Crippen MR) is 80.3 cm³/mol. The maximum atomic E-state index is 5.57. The number of hydrogen-bond acceptors (Lipinski definition) is 5. The predicted octanol–water partition coefficient (Wildman–Crippen LogP) is 3.41. The van der Waals surface area contributed by atoms with Crippen molar-refractivity contribution >= 4 is 39.7 Å². The molecule has 0 aromatic heterocycles. The van der Waals surface area contributed by atoms with E-state index in [-0.39, 0.29) is 0 Å². The number of nitrogens with zero attached hydrogens (tertiary/aromatic N) is 1. The van der Waals surface area contributed by atoms with Gasteiger partial charge in [0.1, 0.15) is 5.75 Å². The monoisotopic (exact) mass is 289 g/mol. The average molecular weight is 289 g/mol. The highest BCUT2D eigenvalue weighted by Crippen LogP contribution is 2.57. The fourth-order valence-electron chi connectivity index (χ4n) is 1.09. The Kier molecular flexibility index (Phi) is 5.50. The number of benzene rings is 1. The molecule has 0 fully saturated rings. The summed E-state index contributed by atoms with van der Waals surface area (Å²) >= 11 is 7.11. The van der Waals surface area contributed by atoms with Gasteiger partial charge in [-0.1, -0.05) is 16.5 Å². The number of ether oxygens (including phenoxy) is 1. The Hall–Kier alpha value is -0.510. The van der Waals surface area contributed by atoms with E-state index in [2.05, 4.69) is 5.16 Å². The highest BCUT2D eigenvalue weighted by Gasteiger charge is 2.21. The summed E-state index contributed by atoms with van der Waals surface area (Å²) in [5, 5.41) is 4.99. The zero-order valence-electron chi connectivity index (χ0n) is 10.3. The van der Waals surface area contributed by atoms with E-state index < -0.39 is 5.47 Å². The zero-order valence-corrected chi connectivity index (χ0v) is 12.9. The van der Waals surface area contributed by atoms with Gasteiger partial charge in [-0.15, -0.1) is 0 Å². The molecule has 1 aromatic rings. The minimum absolute atomic E-state index is 0.812. The van der Waals surface area contributed by atoms with Gasteiger partial charge in [-0.3, -0.25) is 0 Å². The summed E-state index contributed by atoms with van der Waals surface area (Å²) in [6.45, 7) is 3.77. The lowest BCUT2D eigenvalue weighted by Gasteiger charge is -2.17. The Balaban J connectivity index is 2.99. The van der Waals surface area contributed by atoms with Crippen molar-refractivity contribution in [2.75, 3.05) is 13.4 Å². The SMILES string of the molecule is COc1ccc(P(=S)(ON=C(C)C)SC)cc1. The summed E-state index contributed by atoms with van der Waals surface area (Å²) in [5.41, 5.74) is -1.27. The van der Waals surface area contributed by atoms with Crippen LogP contribution in [0.1, 0.15) is 13.8 Å². The van der Waals surface area contributed by atoms with Crippen molar-refractivity contribution in [3.63, 3.8) is 0 Å². The van der Waals surface area contributed by atoms with Crippen LogP contribution in [0.25, 0.3) is 0 Å². The second-order valence-corrected chi connectivity index (χ2v) is 10.4. The molecule has 17 heavy (non-hydrogen) atoms. The zero-order chi connectivity index (χ0) is 12.9. The third-order valence-corrected chi connectivity index (χ3v) is 8.12. The first-order valence-electron chi connectivity index (χ1n) is 5.02. The number of rotatable bonds is 5. The first-order chi connectivity index (χ1) is 8.01. The lowest BCUT2D eigenvalue weighted by Crippen LogP contribution is -2.03. The second kappa shape index (κ2) is 6.43. The van der Waals surface area contributed by atoms with E-state index >= 15 is 0 Å². The van der Waals surface area contributed by atoms with Gasteiger partial charge in [0, 0.05) is 5.30 Å². The molecule has 1 rings (SSSR count). The molecule has 3 nitrogen and oxygen atoms in total. The summed E-state index contributed by atoms with van der Waals surface area (Å²) in [6.07, 6.45) is 1.95. The lowest BCUT2D eigenvalue weighted by atomic mass is 10.3. The van der Waals surface area contributed by atoms with Gasteiger partial charge in [0.25, 0.3) is 0 Å². The van der Waals surface area contributed by atoms with Crippen LogP contribution in [0.15, 0.2) is 29.4 Å². The van der Waals surface area contributed by atoms with E-state index in [1.165, 1.54) is 11.4 Å². The smallest absolute Gasteiger partial charge is 0.226 e. The van der Waals surface area contributed by atoms with Crippen LogP contribution in [-0.2, 0) is 16.4 Å². The molecule has 0 heterocycles. The molecule has 1 unspecified atom stereocenters. The van der Waals surface area contributed by atoms with Crippen molar-refractivity contribution in [1.82, 2.24) is 0 Å². The first kappa shape index (κ1) is 14.6. The van der Waals surface area contributed by atoms with Crippen LogP contribution in [0.4, 0.5) is 0 Å². The van der Waals surface area contributed by atoms with Crippen LogP contribution in [-0.4, -0.2) is 19.1 Å². The highest BCUT2D eigenvalue weighted by atomic mass is 32.9. The van der Waals surface area contributed by atoms with E-state index in [0.717, 1.165) is 16.8 Å². The van der Waals surface area contributed by atoms with E-state index in [9.17, 15) is 0 Å². The molecule has 1 aromatic carbocycles. The molecule has 0 aliphatic heterocycles. The Morgan fingerprint density at radius 3 is 2.29 bits per heavy atom. The Bertz CT molecular complexity index is 441. The van der Waals surface area contributed by atoms with Crippen LogP contribution in [0.2, 0.25) is 0 Å². The molecule has 0 bridgehead atoms. The summed E-state index contributed by atoms with van der Waals surface area (Å²) in [7, 11) is 1.64. The van der Waals surface area contributed by atoms with Gasteiger partial charge in [-0.2, -0.15) is 0 Å². The van der Waals surface area contributed by atoms with Crippen molar-refractivity contribution in [1.29, 1.82) is 0 Å². The Labute approximate surface area is 111 Å². The molecule has 6 heteroatoms. The molecule has 1 atom stereocenters. The minimum atomic E-state index is -2.13. The number of methoxy groups -OCH3 is 1. The molecular formula is C11H16NO2PS2. The van der Waals surface area contributed by atoms with E-state index in [1.807, 2.05) is 44.4 Å². The van der Waals surface area contributed by atoms with E-state index in [4.69, 9.17) is 21.2 Å². The van der Waals surface area contributed by atoms with Gasteiger partial charge < -0.3 is 9.36 Å². The molecule has 0 N–H and O–H groups in total. The van der Waals surface area contributed by atoms with Crippen LogP contribution in [0, 0.1) is 0 Å². The normalized spacial score (nSPS) is 13.6. The summed E-state index contributed by atoms with van der Waals surface area (Å²) in [4.78, 5) is 0. The number of oxime groups is 1. The fourth-order valence-corrected chi connectivity index (χ4v) is 4.01. The maximum Gasteiger partial charge on any atom is 0.226 e. The molecule has 0 aliphatic rings. The Morgan fingerprint density at radius 2 is 1.88 bits per heavy atom. The van der Waals surface area contributed by atoms with Crippen LogP contribution in [0.3, 0.4) is 0 Å². The third-order valence-electron chi connectivity index (χ3n) is 1.96. The van der Waals surface area contributed by atoms with E-state index in [1.54, 1.807) is 7.11 Å². The Morgan fingerprint density at radius 1 is 1.29 bits per heavy atom. The largest absolute Gasteiger partial charge is 0.497 e. The van der Waals surface area contributed by atoms with Gasteiger partial charge in [0.05, 0.1) is 12.8 Å². The maximum absolute atomic E-state index is 5.57. The van der Waals surface area contributed by atoms with Crippen molar-refractivity contribution < 1.29 is 9.36 Å². The molecule has 0 saturated carbocycles. The second-order valence-electron chi connectivity index (χ2n) is 3.50. The quantitative estimate of drug-likeness (QED) is 0.472. The topological polar surface area (TPSA) is 30.8 Å². The van der Waals surface area contributed by atoms with Gasteiger partial charge in [-0.25, -0.2) is 0 Å². The fraction of sp³-hybridized carbons (Fsp3) is 0.364. The standard InChI is InChI=1S/C11H16NO2PS2/c1-9(2)12-14-15(16,17-4)11-7-5-10(13-3)6-8-11/h5-8H,1-4H3. The van der Waals surface area contributed by atoms with Gasteiger partial charge >= 0.3 is 0 Å². The molecular weight excluding hydrogens is 273 g/mol. The summed E-state index contributed by atoms with van der Waals surface area (Å²) in [5.74, 6) is 0.812. The lowest BCUT2D eigenvalue weighted by molar-refractivity contribution is 0.392. The van der Waals surface area contributed by atoms with Gasteiger partial charge in [-0.05, 0) is 56.2 Å². The molecule has 0 saturated heterocycles. The third kappa shape index (κ3) is 4.02. The van der Waals surface area contributed by atoms with Gasteiger partial charge in [0.15, 0.2) is 0 Å². The van der Waals surface area contributed by atoms with E-state index in [0.29, 0.717) is 0 Å². The number of hydrogen-bond donors (Lipinski definition) is 0. The molecule has 0 radical (unpaired) electrons. The first-order valence-corrected chi connectivity index (χ1v) is 9.57. The van der Waals surface area contributed by atoms with Crippen LogP contribution >= 0.6 is 16.8 Å². The molecule has 0 aliphatic carbocycles. The average Bonchev–Trinajstić information content (AvgIpc) is 2.36.